The highest BCUT2D eigenvalue weighted by molar-refractivity contribution is 5.26. The van der Waals surface area contributed by atoms with E-state index in [1.807, 2.05) is 14.2 Å². The molecule has 4 rings (SSSR count). The molecule has 144 valence electrons. The van der Waals surface area contributed by atoms with Crippen molar-refractivity contribution in [3.8, 4) is 0 Å². The van der Waals surface area contributed by atoms with Gasteiger partial charge in [-0.25, -0.2) is 0 Å². The van der Waals surface area contributed by atoms with Crippen molar-refractivity contribution < 1.29 is 9.47 Å². The van der Waals surface area contributed by atoms with E-state index >= 15 is 0 Å². The minimum Gasteiger partial charge on any atom is -0.384 e. The Morgan fingerprint density at radius 3 is 1.48 bits per heavy atom. The number of rotatable bonds is 8. The first-order valence-corrected chi connectivity index (χ1v) is 10.3. The molecular weight excluding hydrogens is 332 g/mol. The average Bonchev–Trinajstić information content (AvgIpc) is 3.14. The van der Waals surface area contributed by atoms with Gasteiger partial charge < -0.3 is 9.47 Å². The highest BCUT2D eigenvalue weighted by Crippen LogP contribution is 2.65. The van der Waals surface area contributed by atoms with E-state index in [0.29, 0.717) is 29.1 Å². The summed E-state index contributed by atoms with van der Waals surface area (Å²) >= 11 is 0. The Morgan fingerprint density at radius 1 is 0.704 bits per heavy atom. The zero-order chi connectivity index (χ0) is 18.7. The zero-order valence-corrected chi connectivity index (χ0v) is 16.6. The van der Waals surface area contributed by atoms with Crippen molar-refractivity contribution in [2.75, 3.05) is 27.4 Å². The van der Waals surface area contributed by atoms with E-state index < -0.39 is 0 Å². The van der Waals surface area contributed by atoms with E-state index in [2.05, 4.69) is 60.7 Å². The van der Waals surface area contributed by atoms with Gasteiger partial charge in [0.2, 0.25) is 0 Å². The van der Waals surface area contributed by atoms with Crippen molar-refractivity contribution in [1.82, 2.24) is 0 Å². The molecule has 2 saturated carbocycles. The minimum atomic E-state index is 0.315. The van der Waals surface area contributed by atoms with Crippen LogP contribution in [0.1, 0.15) is 24.0 Å². The van der Waals surface area contributed by atoms with Gasteiger partial charge in [0, 0.05) is 27.4 Å². The third kappa shape index (κ3) is 3.46. The Kier molecular flexibility index (Phi) is 5.66. The lowest BCUT2D eigenvalue weighted by Gasteiger charge is -2.36. The summed E-state index contributed by atoms with van der Waals surface area (Å²) in [5.74, 6) is 2.65. The summed E-state index contributed by atoms with van der Waals surface area (Å²) in [4.78, 5) is 0. The minimum absolute atomic E-state index is 0.315. The predicted octanol–water partition coefficient (Wildman–Crippen LogP) is 5.02. The second kappa shape index (κ2) is 8.16. The smallest absolute Gasteiger partial charge is 0.0496 e. The molecule has 0 unspecified atom stereocenters. The van der Waals surface area contributed by atoms with Crippen molar-refractivity contribution in [2.24, 2.45) is 29.1 Å². The van der Waals surface area contributed by atoms with Gasteiger partial charge >= 0.3 is 0 Å². The molecule has 2 heteroatoms. The molecule has 2 aromatic rings. The number of fused-ring (bicyclic) bond motifs is 2. The molecule has 0 N–H and O–H groups in total. The monoisotopic (exact) mass is 364 g/mol. The normalized spacial score (nSPS) is 28.5. The molecule has 2 aliphatic rings. The van der Waals surface area contributed by atoms with Crippen LogP contribution in [0.2, 0.25) is 0 Å². The van der Waals surface area contributed by atoms with E-state index in [-0.39, 0.29) is 0 Å². The number of ether oxygens (including phenoxy) is 2. The maximum absolute atomic E-state index is 5.69. The SMILES string of the molecule is COC[C@@H]1[C@H](COC)[C@H]2CC[C@@H]1C2(Cc1ccccc1)Cc1ccccc1. The van der Waals surface area contributed by atoms with Crippen molar-refractivity contribution in [1.29, 1.82) is 0 Å². The van der Waals surface area contributed by atoms with Gasteiger partial charge in [-0.1, -0.05) is 60.7 Å². The van der Waals surface area contributed by atoms with Gasteiger partial charge in [-0.3, -0.25) is 0 Å². The van der Waals surface area contributed by atoms with Crippen molar-refractivity contribution in [2.45, 2.75) is 25.7 Å². The summed E-state index contributed by atoms with van der Waals surface area (Å²) in [5.41, 5.74) is 3.26. The Bertz CT molecular complexity index is 648. The topological polar surface area (TPSA) is 18.5 Å². The number of hydrogen-bond acceptors (Lipinski definition) is 2. The maximum Gasteiger partial charge on any atom is 0.0496 e. The van der Waals surface area contributed by atoms with Crippen LogP contribution in [0.5, 0.6) is 0 Å². The molecule has 2 aromatic carbocycles. The predicted molar refractivity (Wildman–Crippen MR) is 110 cm³/mol. The highest BCUT2D eigenvalue weighted by Gasteiger charge is 2.62. The Balaban J connectivity index is 1.73. The van der Waals surface area contributed by atoms with Crippen molar-refractivity contribution >= 4 is 0 Å². The molecule has 2 aliphatic carbocycles. The van der Waals surface area contributed by atoms with Crippen LogP contribution in [0.3, 0.4) is 0 Å². The molecular formula is C25H32O2. The lowest BCUT2D eigenvalue weighted by molar-refractivity contribution is 0.0404. The Morgan fingerprint density at radius 2 is 1.11 bits per heavy atom. The van der Waals surface area contributed by atoms with E-state index in [1.165, 1.54) is 36.8 Å². The largest absolute Gasteiger partial charge is 0.384 e. The van der Waals surface area contributed by atoms with Crippen molar-refractivity contribution in [3.05, 3.63) is 71.8 Å². The summed E-state index contributed by atoms with van der Waals surface area (Å²) < 4.78 is 11.4. The van der Waals surface area contributed by atoms with Gasteiger partial charge in [0.05, 0.1) is 0 Å². The molecule has 0 spiro atoms. The standard InChI is InChI=1S/C25H32O2/c1-26-17-21-22(18-27-2)24-14-13-23(21)25(24,15-19-9-5-3-6-10-19)16-20-11-7-4-8-12-20/h3-12,21-24H,13-18H2,1-2H3/t21-,22+,23+,24-. The quantitative estimate of drug-likeness (QED) is 0.654. The van der Waals surface area contributed by atoms with E-state index in [1.54, 1.807) is 0 Å². The van der Waals surface area contributed by atoms with E-state index in [0.717, 1.165) is 13.2 Å². The third-order valence-corrected chi connectivity index (χ3v) is 7.32. The fraction of sp³-hybridized carbons (Fsp3) is 0.520. The molecule has 0 saturated heterocycles. The lowest BCUT2D eigenvalue weighted by atomic mass is 9.68. The molecule has 2 bridgehead atoms. The fourth-order valence-corrected chi connectivity index (χ4v) is 6.49. The summed E-state index contributed by atoms with van der Waals surface area (Å²) in [7, 11) is 3.71. The van der Waals surface area contributed by atoms with Crippen LogP contribution < -0.4 is 0 Å². The first-order chi connectivity index (χ1) is 13.3. The van der Waals surface area contributed by atoms with Gasteiger partial charge in [0.1, 0.15) is 0 Å². The summed E-state index contributed by atoms with van der Waals surface area (Å²) in [5, 5.41) is 0. The van der Waals surface area contributed by atoms with Gasteiger partial charge in [0.15, 0.2) is 0 Å². The van der Waals surface area contributed by atoms with Gasteiger partial charge in [-0.15, -0.1) is 0 Å². The first kappa shape index (κ1) is 18.7. The van der Waals surface area contributed by atoms with Crippen LogP contribution in [0, 0.1) is 29.1 Å². The molecule has 0 amide bonds. The molecule has 2 fully saturated rings. The van der Waals surface area contributed by atoms with E-state index in [9.17, 15) is 0 Å². The van der Waals surface area contributed by atoms with Gasteiger partial charge in [0.25, 0.3) is 0 Å². The van der Waals surface area contributed by atoms with Gasteiger partial charge in [-0.2, -0.15) is 0 Å². The highest BCUT2D eigenvalue weighted by atomic mass is 16.5. The molecule has 2 nitrogen and oxygen atoms in total. The Hall–Kier alpha value is -1.64. The maximum atomic E-state index is 5.69. The summed E-state index contributed by atoms with van der Waals surface area (Å²) in [6.45, 7) is 1.72. The van der Waals surface area contributed by atoms with E-state index in [4.69, 9.17) is 9.47 Å². The van der Waals surface area contributed by atoms with Crippen LogP contribution in [-0.4, -0.2) is 27.4 Å². The zero-order valence-electron chi connectivity index (χ0n) is 16.6. The first-order valence-electron chi connectivity index (χ1n) is 10.3. The van der Waals surface area contributed by atoms with Crippen LogP contribution in [0.4, 0.5) is 0 Å². The Labute approximate surface area is 163 Å². The van der Waals surface area contributed by atoms with Crippen LogP contribution >= 0.6 is 0 Å². The second-order valence-electron chi connectivity index (χ2n) is 8.59. The molecule has 0 heterocycles. The van der Waals surface area contributed by atoms with Crippen molar-refractivity contribution in [3.63, 3.8) is 0 Å². The number of hydrogen-bond donors (Lipinski definition) is 0. The van der Waals surface area contributed by atoms with Crippen LogP contribution in [-0.2, 0) is 22.3 Å². The fourth-order valence-electron chi connectivity index (χ4n) is 6.49. The second-order valence-corrected chi connectivity index (χ2v) is 8.59. The molecule has 4 atom stereocenters. The molecule has 0 radical (unpaired) electrons. The lowest BCUT2D eigenvalue weighted by Crippen LogP contribution is -2.34. The van der Waals surface area contributed by atoms with Crippen LogP contribution in [0.15, 0.2) is 60.7 Å². The van der Waals surface area contributed by atoms with Gasteiger partial charge in [-0.05, 0) is 65.9 Å². The third-order valence-electron chi connectivity index (χ3n) is 7.32. The average molecular weight is 365 g/mol. The van der Waals surface area contributed by atoms with Crippen LogP contribution in [0.25, 0.3) is 0 Å². The number of benzene rings is 2. The summed E-state index contributed by atoms with van der Waals surface area (Å²) in [6, 6.07) is 22.2. The molecule has 27 heavy (non-hydrogen) atoms. The molecule has 0 aromatic heterocycles. The molecule has 0 aliphatic heterocycles. The summed E-state index contributed by atoms with van der Waals surface area (Å²) in [6.07, 6.45) is 4.99. The number of methoxy groups -OCH3 is 2.